The molecule has 4 heteroatoms. The van der Waals surface area contributed by atoms with Gasteiger partial charge in [0.05, 0.1) is 0 Å². The quantitative estimate of drug-likeness (QED) is 0.676. The summed E-state index contributed by atoms with van der Waals surface area (Å²) in [5.74, 6) is -2.97. The predicted octanol–water partition coefficient (Wildman–Crippen LogP) is 5.35. The van der Waals surface area contributed by atoms with Crippen molar-refractivity contribution in [2.24, 2.45) is 0 Å². The maximum Gasteiger partial charge on any atom is 0.298 e. The topological polar surface area (TPSA) is 0 Å². The van der Waals surface area contributed by atoms with Crippen LogP contribution in [0.2, 0.25) is 0 Å². The van der Waals surface area contributed by atoms with Gasteiger partial charge < -0.3 is 0 Å². The van der Waals surface area contributed by atoms with Gasteiger partial charge in [-0.2, -0.15) is 8.78 Å². The van der Waals surface area contributed by atoms with Crippen LogP contribution in [0.3, 0.4) is 0 Å². The molecule has 0 heterocycles. The van der Waals surface area contributed by atoms with E-state index in [9.17, 15) is 8.78 Å². The van der Waals surface area contributed by atoms with Crippen molar-refractivity contribution in [1.29, 1.82) is 0 Å². The minimum Gasteiger partial charge on any atom is -0.196 e. The molecule has 0 bridgehead atoms. The summed E-state index contributed by atoms with van der Waals surface area (Å²) in [5.41, 5.74) is -0.0222. The lowest BCUT2D eigenvalue weighted by atomic mass is 10.0. The molecule has 17 heavy (non-hydrogen) atoms. The summed E-state index contributed by atoms with van der Waals surface area (Å²) in [6, 6.07) is 12.1. The van der Waals surface area contributed by atoms with Crippen LogP contribution in [0.25, 0.3) is 0 Å². The lowest BCUT2D eigenvalue weighted by Crippen LogP contribution is -2.14. The van der Waals surface area contributed by atoms with Crippen LogP contribution in [-0.4, -0.2) is 0 Å². The molecule has 2 aromatic carbocycles. The molecule has 0 saturated carbocycles. The maximum absolute atomic E-state index is 14.1. The Morgan fingerprint density at radius 3 is 1.24 bits per heavy atom. The third-order valence-electron chi connectivity index (χ3n) is 2.41. The molecule has 0 aliphatic rings. The molecule has 0 atom stereocenters. The Morgan fingerprint density at radius 2 is 0.941 bits per heavy atom. The first-order valence-electron chi connectivity index (χ1n) is 4.90. The molecule has 2 rings (SSSR count). The van der Waals surface area contributed by atoms with E-state index in [1.807, 2.05) is 0 Å². The summed E-state index contributed by atoms with van der Waals surface area (Å²) in [5, 5.41) is 0. The van der Waals surface area contributed by atoms with Crippen LogP contribution < -0.4 is 0 Å². The fourth-order valence-electron chi connectivity index (χ4n) is 1.49. The predicted molar refractivity (Wildman–Crippen MR) is 71.3 cm³/mol. The molecule has 0 N–H and O–H groups in total. The average molecular weight is 362 g/mol. The van der Waals surface area contributed by atoms with E-state index in [-0.39, 0.29) is 11.1 Å². The highest BCUT2D eigenvalue weighted by atomic mass is 79.9. The molecule has 0 amide bonds. The van der Waals surface area contributed by atoms with Gasteiger partial charge in [-0.25, -0.2) is 0 Å². The Balaban J connectivity index is 2.41. The summed E-state index contributed by atoms with van der Waals surface area (Å²) in [6.45, 7) is 0. The highest BCUT2D eigenvalue weighted by molar-refractivity contribution is 9.10. The van der Waals surface area contributed by atoms with Crippen LogP contribution in [0.4, 0.5) is 8.78 Å². The first-order valence-corrected chi connectivity index (χ1v) is 6.48. The van der Waals surface area contributed by atoms with Crippen LogP contribution in [0.15, 0.2) is 57.5 Å². The van der Waals surface area contributed by atoms with Crippen LogP contribution in [0.1, 0.15) is 11.1 Å². The van der Waals surface area contributed by atoms with Gasteiger partial charge >= 0.3 is 0 Å². The minimum atomic E-state index is -2.97. The number of benzene rings is 2. The molecule has 0 nitrogen and oxygen atoms in total. The Hall–Kier alpha value is -0.740. The second-order valence-corrected chi connectivity index (χ2v) is 5.42. The van der Waals surface area contributed by atoms with Gasteiger partial charge in [0.25, 0.3) is 5.92 Å². The first kappa shape index (κ1) is 12.7. The zero-order chi connectivity index (χ0) is 12.5. The fraction of sp³-hybridized carbons (Fsp3) is 0.0769. The van der Waals surface area contributed by atoms with Crippen molar-refractivity contribution in [3.8, 4) is 0 Å². The molecule has 0 aliphatic heterocycles. The molecular formula is C13H8Br2F2. The summed E-state index contributed by atoms with van der Waals surface area (Å²) in [4.78, 5) is 0. The van der Waals surface area contributed by atoms with Gasteiger partial charge in [-0.15, -0.1) is 0 Å². The van der Waals surface area contributed by atoms with E-state index in [2.05, 4.69) is 31.9 Å². The number of hydrogen-bond donors (Lipinski definition) is 0. The van der Waals surface area contributed by atoms with Gasteiger partial charge in [-0.1, -0.05) is 56.1 Å². The fourth-order valence-corrected chi connectivity index (χ4v) is 2.01. The number of alkyl halides is 2. The van der Waals surface area contributed by atoms with E-state index in [4.69, 9.17) is 0 Å². The second kappa shape index (κ2) is 4.86. The van der Waals surface area contributed by atoms with E-state index < -0.39 is 5.92 Å². The smallest absolute Gasteiger partial charge is 0.196 e. The van der Waals surface area contributed by atoms with Gasteiger partial charge in [0.1, 0.15) is 0 Å². The summed E-state index contributed by atoms with van der Waals surface area (Å²) in [7, 11) is 0. The summed E-state index contributed by atoms with van der Waals surface area (Å²) in [6.07, 6.45) is 0. The molecule has 0 aliphatic carbocycles. The SMILES string of the molecule is FC(F)(c1ccc(Br)cc1)c1ccc(Br)cc1. The van der Waals surface area contributed by atoms with Crippen molar-refractivity contribution in [3.63, 3.8) is 0 Å². The Labute approximate surface area is 115 Å². The molecule has 88 valence electrons. The van der Waals surface area contributed by atoms with Crippen LogP contribution in [0.5, 0.6) is 0 Å². The Bertz CT molecular complexity index is 456. The number of rotatable bonds is 2. The zero-order valence-electron chi connectivity index (χ0n) is 8.63. The van der Waals surface area contributed by atoms with Gasteiger partial charge in [0.2, 0.25) is 0 Å². The molecule has 0 saturated heterocycles. The highest BCUT2D eigenvalue weighted by Crippen LogP contribution is 2.36. The maximum atomic E-state index is 14.1. The van der Waals surface area contributed by atoms with Crippen LogP contribution in [-0.2, 0) is 5.92 Å². The second-order valence-electron chi connectivity index (χ2n) is 3.59. The molecule has 0 aromatic heterocycles. The van der Waals surface area contributed by atoms with Crippen molar-refractivity contribution in [3.05, 3.63) is 68.6 Å². The normalized spacial score (nSPS) is 11.5. The van der Waals surface area contributed by atoms with E-state index in [0.717, 1.165) is 8.95 Å². The third kappa shape index (κ3) is 2.75. The Morgan fingerprint density at radius 1 is 0.647 bits per heavy atom. The van der Waals surface area contributed by atoms with Gasteiger partial charge in [0.15, 0.2) is 0 Å². The minimum absolute atomic E-state index is 0.0111. The molecule has 2 aromatic rings. The van der Waals surface area contributed by atoms with E-state index >= 15 is 0 Å². The molecule has 0 fully saturated rings. The zero-order valence-corrected chi connectivity index (χ0v) is 11.8. The lowest BCUT2D eigenvalue weighted by Gasteiger charge is -2.17. The van der Waals surface area contributed by atoms with Gasteiger partial charge in [0, 0.05) is 20.1 Å². The third-order valence-corrected chi connectivity index (χ3v) is 3.47. The monoisotopic (exact) mass is 360 g/mol. The van der Waals surface area contributed by atoms with Crippen molar-refractivity contribution >= 4 is 31.9 Å². The van der Waals surface area contributed by atoms with Crippen LogP contribution in [0, 0.1) is 0 Å². The average Bonchev–Trinajstić information content (AvgIpc) is 2.30. The van der Waals surface area contributed by atoms with Gasteiger partial charge in [-0.3, -0.25) is 0 Å². The van der Waals surface area contributed by atoms with Crippen molar-refractivity contribution in [2.75, 3.05) is 0 Å². The summed E-state index contributed by atoms with van der Waals surface area (Å²) >= 11 is 6.45. The Kier molecular flexibility index (Phi) is 3.64. The van der Waals surface area contributed by atoms with Crippen molar-refractivity contribution in [1.82, 2.24) is 0 Å². The largest absolute Gasteiger partial charge is 0.298 e. The molecule has 0 spiro atoms. The molecular weight excluding hydrogens is 354 g/mol. The number of halogens is 4. The molecule has 0 unspecified atom stereocenters. The van der Waals surface area contributed by atoms with Gasteiger partial charge in [-0.05, 0) is 24.3 Å². The lowest BCUT2D eigenvalue weighted by molar-refractivity contribution is 0.0428. The van der Waals surface area contributed by atoms with E-state index in [1.165, 1.54) is 24.3 Å². The first-order chi connectivity index (χ1) is 8.00. The van der Waals surface area contributed by atoms with E-state index in [1.54, 1.807) is 24.3 Å². The summed E-state index contributed by atoms with van der Waals surface area (Å²) < 4.78 is 29.8. The molecule has 0 radical (unpaired) electrons. The van der Waals surface area contributed by atoms with E-state index in [0.29, 0.717) is 0 Å². The van der Waals surface area contributed by atoms with Crippen LogP contribution >= 0.6 is 31.9 Å². The van der Waals surface area contributed by atoms with Crippen molar-refractivity contribution in [2.45, 2.75) is 5.92 Å². The standard InChI is InChI=1S/C13H8Br2F2/c14-11-5-1-9(2-6-11)13(16,17)10-3-7-12(15)8-4-10/h1-8H. The highest BCUT2D eigenvalue weighted by Gasteiger charge is 2.33. The van der Waals surface area contributed by atoms with Crippen molar-refractivity contribution < 1.29 is 8.78 Å². The number of hydrogen-bond acceptors (Lipinski definition) is 0.